The van der Waals surface area contributed by atoms with Crippen molar-refractivity contribution < 1.29 is 4.74 Å². The molecule has 3 rings (SSSR count). The van der Waals surface area contributed by atoms with Crippen LogP contribution >= 0.6 is 11.3 Å². The average molecular weight is 240 g/mol. The number of aromatic nitrogens is 1. The van der Waals surface area contributed by atoms with E-state index in [1.54, 1.807) is 11.3 Å². The van der Waals surface area contributed by atoms with E-state index in [2.05, 4.69) is 11.1 Å². The highest BCUT2D eigenvalue weighted by atomic mass is 32.1. The molecule has 1 heterocycles. The lowest BCUT2D eigenvalue weighted by molar-refractivity contribution is 0.483. The van der Waals surface area contributed by atoms with Gasteiger partial charge in [-0.2, -0.15) is 0 Å². The Morgan fingerprint density at radius 3 is 2.76 bits per heavy atom. The summed E-state index contributed by atoms with van der Waals surface area (Å²) < 4.78 is 6.93. The molecular formula is C14H10NOS. The number of aryl methyl sites for hydroxylation is 1. The van der Waals surface area contributed by atoms with Crippen LogP contribution in [-0.2, 0) is 0 Å². The van der Waals surface area contributed by atoms with E-state index in [4.69, 9.17) is 4.74 Å². The van der Waals surface area contributed by atoms with Gasteiger partial charge in [-0.3, -0.25) is 0 Å². The predicted molar refractivity (Wildman–Crippen MR) is 69.7 cm³/mol. The molecule has 0 saturated carbocycles. The zero-order valence-corrected chi connectivity index (χ0v) is 10.1. The van der Waals surface area contributed by atoms with Crippen LogP contribution in [0.4, 0.5) is 0 Å². The highest BCUT2D eigenvalue weighted by molar-refractivity contribution is 7.18. The lowest BCUT2D eigenvalue weighted by atomic mass is 10.3. The topological polar surface area (TPSA) is 22.1 Å². The van der Waals surface area contributed by atoms with Gasteiger partial charge < -0.3 is 4.74 Å². The maximum atomic E-state index is 5.74. The van der Waals surface area contributed by atoms with Crippen molar-refractivity contribution in [3.8, 4) is 11.5 Å². The van der Waals surface area contributed by atoms with E-state index in [0.717, 1.165) is 22.0 Å². The van der Waals surface area contributed by atoms with Crippen molar-refractivity contribution in [2.45, 2.75) is 6.92 Å². The van der Waals surface area contributed by atoms with Crippen LogP contribution in [0.1, 0.15) is 5.01 Å². The minimum absolute atomic E-state index is 0.814. The fourth-order valence-corrected chi connectivity index (χ4v) is 2.47. The van der Waals surface area contributed by atoms with E-state index in [1.165, 1.54) is 4.70 Å². The van der Waals surface area contributed by atoms with E-state index >= 15 is 0 Å². The van der Waals surface area contributed by atoms with Crippen molar-refractivity contribution in [3.05, 3.63) is 53.5 Å². The van der Waals surface area contributed by atoms with E-state index in [1.807, 2.05) is 49.4 Å². The molecule has 0 unspecified atom stereocenters. The molecule has 0 aliphatic heterocycles. The second-order valence-electron chi connectivity index (χ2n) is 3.70. The Labute approximate surface area is 104 Å². The minimum Gasteiger partial charge on any atom is -0.457 e. The predicted octanol–water partition coefficient (Wildman–Crippen LogP) is 4.20. The van der Waals surface area contributed by atoms with Gasteiger partial charge in [-0.15, -0.1) is 11.3 Å². The number of benzene rings is 2. The summed E-state index contributed by atoms with van der Waals surface area (Å²) in [5.74, 6) is 1.63. The van der Waals surface area contributed by atoms with Crippen LogP contribution in [0.15, 0.2) is 42.5 Å². The van der Waals surface area contributed by atoms with Crippen LogP contribution in [-0.4, -0.2) is 4.98 Å². The second kappa shape index (κ2) is 4.18. The first kappa shape index (κ1) is 10.3. The van der Waals surface area contributed by atoms with Crippen molar-refractivity contribution in [3.63, 3.8) is 0 Å². The van der Waals surface area contributed by atoms with Gasteiger partial charge in [-0.25, -0.2) is 4.98 Å². The van der Waals surface area contributed by atoms with Crippen molar-refractivity contribution in [2.24, 2.45) is 0 Å². The van der Waals surface area contributed by atoms with Crippen LogP contribution in [0.5, 0.6) is 11.5 Å². The number of hydrogen-bond acceptors (Lipinski definition) is 3. The quantitative estimate of drug-likeness (QED) is 0.669. The highest BCUT2D eigenvalue weighted by Gasteiger charge is 2.03. The van der Waals surface area contributed by atoms with E-state index in [-0.39, 0.29) is 0 Å². The Morgan fingerprint density at radius 1 is 1.12 bits per heavy atom. The van der Waals surface area contributed by atoms with Gasteiger partial charge in [0.15, 0.2) is 0 Å². The van der Waals surface area contributed by atoms with Crippen LogP contribution in [0, 0.1) is 13.0 Å². The number of ether oxygens (including phenoxy) is 1. The maximum Gasteiger partial charge on any atom is 0.129 e. The molecule has 0 fully saturated rings. The molecule has 0 amide bonds. The Balaban J connectivity index is 1.95. The Bertz CT molecular complexity index is 646. The van der Waals surface area contributed by atoms with Gasteiger partial charge in [-0.1, -0.05) is 12.1 Å². The molecule has 0 aliphatic rings. The van der Waals surface area contributed by atoms with Gasteiger partial charge in [0.2, 0.25) is 0 Å². The normalized spacial score (nSPS) is 10.6. The number of fused-ring (bicyclic) bond motifs is 1. The Morgan fingerprint density at radius 2 is 1.94 bits per heavy atom. The number of rotatable bonds is 2. The van der Waals surface area contributed by atoms with Crippen LogP contribution in [0.2, 0.25) is 0 Å². The number of hydrogen-bond donors (Lipinski definition) is 0. The first-order chi connectivity index (χ1) is 8.31. The first-order valence-corrected chi connectivity index (χ1v) is 6.14. The minimum atomic E-state index is 0.814. The van der Waals surface area contributed by atoms with E-state index in [9.17, 15) is 0 Å². The summed E-state index contributed by atoms with van der Waals surface area (Å²) in [6, 6.07) is 16.4. The summed E-state index contributed by atoms with van der Waals surface area (Å²) >= 11 is 1.70. The summed E-state index contributed by atoms with van der Waals surface area (Å²) in [7, 11) is 0. The largest absolute Gasteiger partial charge is 0.457 e. The smallest absolute Gasteiger partial charge is 0.129 e. The number of nitrogens with zero attached hydrogens (tertiary/aromatic N) is 1. The van der Waals surface area contributed by atoms with Gasteiger partial charge in [0.1, 0.15) is 11.5 Å². The molecule has 3 heteroatoms. The molecule has 0 saturated heterocycles. The van der Waals surface area contributed by atoms with Gasteiger partial charge >= 0.3 is 0 Å². The average Bonchev–Trinajstić information content (AvgIpc) is 2.70. The third kappa shape index (κ3) is 2.15. The fraction of sp³-hybridized carbons (Fsp3) is 0.0714. The summed E-state index contributed by atoms with van der Waals surface area (Å²) in [5.41, 5.74) is 0.993. The molecule has 0 N–H and O–H groups in total. The molecule has 1 radical (unpaired) electrons. The van der Waals surface area contributed by atoms with Crippen LogP contribution in [0.3, 0.4) is 0 Å². The molecule has 17 heavy (non-hydrogen) atoms. The van der Waals surface area contributed by atoms with Gasteiger partial charge in [0, 0.05) is 6.07 Å². The Kier molecular flexibility index (Phi) is 2.53. The molecule has 0 bridgehead atoms. The molecule has 0 aliphatic carbocycles. The van der Waals surface area contributed by atoms with Gasteiger partial charge in [0.25, 0.3) is 0 Å². The maximum absolute atomic E-state index is 5.74. The van der Waals surface area contributed by atoms with Gasteiger partial charge in [-0.05, 0) is 37.3 Å². The van der Waals surface area contributed by atoms with E-state index in [0.29, 0.717) is 0 Å². The summed E-state index contributed by atoms with van der Waals surface area (Å²) in [6.07, 6.45) is 0. The zero-order valence-electron chi connectivity index (χ0n) is 9.31. The summed E-state index contributed by atoms with van der Waals surface area (Å²) in [5, 5.41) is 1.08. The second-order valence-corrected chi connectivity index (χ2v) is 4.93. The molecule has 2 aromatic carbocycles. The SMILES string of the molecule is Cc1nc2cc(Oc3cc[c]cc3)ccc2s1. The standard InChI is InChI=1S/C14H10NOS/c1-10-15-13-9-12(7-8-14(13)17-10)16-11-5-3-2-4-6-11/h3-9H,1H3. The molecule has 1 aromatic heterocycles. The zero-order chi connectivity index (χ0) is 11.7. The molecule has 83 valence electrons. The highest BCUT2D eigenvalue weighted by Crippen LogP contribution is 2.28. The summed E-state index contributed by atoms with van der Waals surface area (Å²) in [6.45, 7) is 2.01. The van der Waals surface area contributed by atoms with Crippen molar-refractivity contribution >= 4 is 21.6 Å². The van der Waals surface area contributed by atoms with E-state index < -0.39 is 0 Å². The van der Waals surface area contributed by atoms with Crippen LogP contribution < -0.4 is 4.74 Å². The molecule has 3 aromatic rings. The lowest BCUT2D eigenvalue weighted by Crippen LogP contribution is -1.83. The first-order valence-electron chi connectivity index (χ1n) is 5.32. The third-order valence-corrected chi connectivity index (χ3v) is 3.34. The lowest BCUT2D eigenvalue weighted by Gasteiger charge is -2.04. The summed E-state index contributed by atoms with van der Waals surface area (Å²) in [4.78, 5) is 4.45. The van der Waals surface area contributed by atoms with Crippen LogP contribution in [0.25, 0.3) is 10.2 Å². The molecule has 2 nitrogen and oxygen atoms in total. The molecule has 0 atom stereocenters. The third-order valence-electron chi connectivity index (χ3n) is 2.39. The number of thiazole rings is 1. The monoisotopic (exact) mass is 240 g/mol. The Hall–Kier alpha value is -1.87. The van der Waals surface area contributed by atoms with Crippen molar-refractivity contribution in [1.82, 2.24) is 4.98 Å². The van der Waals surface area contributed by atoms with Crippen molar-refractivity contribution in [1.29, 1.82) is 0 Å². The van der Waals surface area contributed by atoms with Crippen molar-refractivity contribution in [2.75, 3.05) is 0 Å². The molecule has 0 spiro atoms. The molecular weight excluding hydrogens is 230 g/mol. The van der Waals surface area contributed by atoms with Gasteiger partial charge in [0.05, 0.1) is 15.2 Å². The fourth-order valence-electron chi connectivity index (χ4n) is 1.66.